The molecule has 2 fully saturated rings. The smallest absolute Gasteiger partial charge is 0.253 e. The van der Waals surface area contributed by atoms with E-state index in [9.17, 15) is 18.8 Å². The predicted molar refractivity (Wildman–Crippen MR) is 127 cm³/mol. The number of methoxy groups -OCH3 is 1. The number of benzene rings is 1. The van der Waals surface area contributed by atoms with Gasteiger partial charge in [-0.1, -0.05) is 11.6 Å². The Balaban J connectivity index is 1.46. The molecule has 1 aromatic heterocycles. The molecule has 8 nitrogen and oxygen atoms in total. The van der Waals surface area contributed by atoms with Crippen molar-refractivity contribution < 1.29 is 28.2 Å². The normalized spacial score (nSPS) is 20.9. The maximum absolute atomic E-state index is 14.8. The summed E-state index contributed by atoms with van der Waals surface area (Å²) in [6.07, 6.45) is 2.99. The van der Waals surface area contributed by atoms with Crippen LogP contribution in [0.25, 0.3) is 6.08 Å². The zero-order valence-electron chi connectivity index (χ0n) is 18.3. The van der Waals surface area contributed by atoms with E-state index in [1.165, 1.54) is 46.5 Å². The summed E-state index contributed by atoms with van der Waals surface area (Å²) in [7, 11) is 1.52. The van der Waals surface area contributed by atoms with Crippen LogP contribution in [0.1, 0.15) is 11.3 Å². The number of halogens is 2. The Morgan fingerprint density at radius 2 is 2.15 bits per heavy atom. The molecule has 2 saturated heterocycles. The fourth-order valence-electron chi connectivity index (χ4n) is 3.91. The molecular formula is C23H23ClFN3O5S. The molecule has 2 aliphatic heterocycles. The molecule has 0 saturated carbocycles. The van der Waals surface area contributed by atoms with E-state index < -0.39 is 17.8 Å². The van der Waals surface area contributed by atoms with E-state index in [0.29, 0.717) is 23.2 Å². The summed E-state index contributed by atoms with van der Waals surface area (Å²) in [5.74, 6) is -1.81. The fraction of sp³-hybridized carbons (Fsp3) is 0.348. The summed E-state index contributed by atoms with van der Waals surface area (Å²) in [5.41, 5.74) is 0.353. The van der Waals surface area contributed by atoms with Crippen LogP contribution in [-0.4, -0.2) is 68.2 Å². The molecule has 34 heavy (non-hydrogen) atoms. The van der Waals surface area contributed by atoms with Gasteiger partial charge in [0.25, 0.3) is 5.91 Å². The Labute approximate surface area is 204 Å². The van der Waals surface area contributed by atoms with Gasteiger partial charge in [-0.3, -0.25) is 14.4 Å². The molecule has 0 unspecified atom stereocenters. The minimum absolute atomic E-state index is 0.0357. The van der Waals surface area contributed by atoms with E-state index in [-0.39, 0.29) is 43.2 Å². The number of nitrogens with one attached hydrogen (secondary N) is 1. The molecule has 3 amide bonds. The van der Waals surface area contributed by atoms with Crippen molar-refractivity contribution in [1.82, 2.24) is 4.90 Å². The molecule has 2 atom stereocenters. The summed E-state index contributed by atoms with van der Waals surface area (Å²) in [6.45, 7) is 0.878. The first-order valence-corrected chi connectivity index (χ1v) is 11.8. The van der Waals surface area contributed by atoms with Crippen LogP contribution in [0.4, 0.5) is 15.8 Å². The number of likely N-dealkylation sites (tertiary alicyclic amines) is 1. The van der Waals surface area contributed by atoms with Crippen LogP contribution >= 0.6 is 22.9 Å². The fourth-order valence-corrected chi connectivity index (χ4v) is 4.87. The van der Waals surface area contributed by atoms with Gasteiger partial charge in [-0.15, -0.1) is 11.3 Å². The van der Waals surface area contributed by atoms with Crippen molar-refractivity contribution >= 4 is 58.1 Å². The van der Waals surface area contributed by atoms with Crippen molar-refractivity contribution in [3.63, 3.8) is 0 Å². The first kappa shape index (κ1) is 24.3. The minimum atomic E-state index is -0.825. The Morgan fingerprint density at radius 3 is 2.82 bits per heavy atom. The van der Waals surface area contributed by atoms with E-state index in [2.05, 4.69) is 5.32 Å². The standard InChI is InChI=1S/C23H23ClFN3O5S/c1-32-15-11-19(28(12-15)21(29)7-4-16-3-6-20(24)34-16)23(31)26-18-5-2-14(10-17(18)25)27-8-9-33-13-22(27)30/h2-7,10,15,19H,8-9,11-13H2,1H3,(H,26,31)/t15-,19-/m1/s1. The Kier molecular flexibility index (Phi) is 7.62. The van der Waals surface area contributed by atoms with Crippen LogP contribution in [0.15, 0.2) is 36.4 Å². The first-order chi connectivity index (χ1) is 16.4. The van der Waals surface area contributed by atoms with Gasteiger partial charge in [0, 0.05) is 43.3 Å². The zero-order valence-corrected chi connectivity index (χ0v) is 19.9. The van der Waals surface area contributed by atoms with Crippen LogP contribution in [0.2, 0.25) is 4.34 Å². The maximum Gasteiger partial charge on any atom is 0.253 e. The van der Waals surface area contributed by atoms with Gasteiger partial charge in [-0.25, -0.2) is 4.39 Å². The lowest BCUT2D eigenvalue weighted by molar-refractivity contribution is -0.132. The number of ether oxygens (including phenoxy) is 2. The largest absolute Gasteiger partial charge is 0.380 e. The van der Waals surface area contributed by atoms with Crippen molar-refractivity contribution in [2.75, 3.05) is 43.6 Å². The van der Waals surface area contributed by atoms with Crippen LogP contribution in [0.3, 0.4) is 0 Å². The van der Waals surface area contributed by atoms with Gasteiger partial charge in [0.05, 0.1) is 22.7 Å². The lowest BCUT2D eigenvalue weighted by Gasteiger charge is -2.27. The highest BCUT2D eigenvalue weighted by atomic mass is 35.5. The van der Waals surface area contributed by atoms with Crippen molar-refractivity contribution in [3.8, 4) is 0 Å². The highest BCUT2D eigenvalue weighted by molar-refractivity contribution is 7.17. The molecule has 11 heteroatoms. The molecule has 1 aromatic carbocycles. The molecular weight excluding hydrogens is 485 g/mol. The number of morpholine rings is 1. The van der Waals surface area contributed by atoms with Gasteiger partial charge < -0.3 is 24.6 Å². The van der Waals surface area contributed by atoms with E-state index >= 15 is 0 Å². The average Bonchev–Trinajstić information content (AvgIpc) is 3.45. The van der Waals surface area contributed by atoms with Crippen LogP contribution < -0.4 is 10.2 Å². The summed E-state index contributed by atoms with van der Waals surface area (Å²) < 4.78 is 25.8. The molecule has 180 valence electrons. The maximum atomic E-state index is 14.8. The predicted octanol–water partition coefficient (Wildman–Crippen LogP) is 3.17. The number of carbonyl (C=O) groups is 3. The number of hydrogen-bond donors (Lipinski definition) is 1. The third-order valence-corrected chi connectivity index (χ3v) is 6.87. The number of hydrogen-bond acceptors (Lipinski definition) is 6. The molecule has 0 bridgehead atoms. The molecule has 0 radical (unpaired) electrons. The second kappa shape index (κ2) is 10.6. The van der Waals surface area contributed by atoms with Crippen LogP contribution in [0.5, 0.6) is 0 Å². The van der Waals surface area contributed by atoms with Gasteiger partial charge in [-0.05, 0) is 36.4 Å². The van der Waals surface area contributed by atoms with Gasteiger partial charge in [0.1, 0.15) is 18.5 Å². The topological polar surface area (TPSA) is 88.2 Å². The van der Waals surface area contributed by atoms with Gasteiger partial charge in [0.2, 0.25) is 11.8 Å². The molecule has 1 N–H and O–H groups in total. The molecule has 0 spiro atoms. The number of thiophene rings is 1. The minimum Gasteiger partial charge on any atom is -0.380 e. The third-order valence-electron chi connectivity index (χ3n) is 5.67. The Bertz CT molecular complexity index is 1120. The molecule has 0 aliphatic carbocycles. The van der Waals surface area contributed by atoms with E-state index in [1.807, 2.05) is 0 Å². The number of amides is 3. The lowest BCUT2D eigenvalue weighted by Crippen LogP contribution is -2.42. The van der Waals surface area contributed by atoms with Crippen molar-refractivity contribution in [3.05, 3.63) is 51.4 Å². The highest BCUT2D eigenvalue weighted by Crippen LogP contribution is 2.27. The Morgan fingerprint density at radius 1 is 1.32 bits per heavy atom. The summed E-state index contributed by atoms with van der Waals surface area (Å²) in [5, 5.41) is 2.57. The summed E-state index contributed by atoms with van der Waals surface area (Å²) in [4.78, 5) is 41.5. The number of rotatable bonds is 6. The van der Waals surface area contributed by atoms with Crippen LogP contribution in [-0.2, 0) is 23.9 Å². The average molecular weight is 508 g/mol. The molecule has 3 heterocycles. The first-order valence-electron chi connectivity index (χ1n) is 10.6. The SMILES string of the molecule is CO[C@@H]1C[C@H](C(=O)Nc2ccc(N3CCOCC3=O)cc2F)N(C(=O)C=Cc2ccc(Cl)s2)C1. The Hall–Kier alpha value is -2.79. The van der Waals surface area contributed by atoms with Crippen molar-refractivity contribution in [1.29, 1.82) is 0 Å². The van der Waals surface area contributed by atoms with E-state index in [4.69, 9.17) is 21.1 Å². The monoisotopic (exact) mass is 507 g/mol. The van der Waals surface area contributed by atoms with Crippen molar-refractivity contribution in [2.45, 2.75) is 18.6 Å². The zero-order chi connectivity index (χ0) is 24.2. The van der Waals surface area contributed by atoms with Crippen LogP contribution in [0, 0.1) is 5.82 Å². The number of carbonyl (C=O) groups excluding carboxylic acids is 3. The third kappa shape index (κ3) is 5.47. The summed E-state index contributed by atoms with van der Waals surface area (Å²) >= 11 is 7.25. The summed E-state index contributed by atoms with van der Waals surface area (Å²) in [6, 6.07) is 6.86. The molecule has 4 rings (SSSR count). The number of nitrogens with zero attached hydrogens (tertiary/aromatic N) is 2. The van der Waals surface area contributed by atoms with E-state index in [1.54, 1.807) is 24.3 Å². The second-order valence-electron chi connectivity index (χ2n) is 7.83. The van der Waals surface area contributed by atoms with E-state index in [0.717, 1.165) is 4.88 Å². The highest BCUT2D eigenvalue weighted by Gasteiger charge is 2.39. The molecule has 2 aliphatic rings. The van der Waals surface area contributed by atoms with Gasteiger partial charge in [-0.2, -0.15) is 0 Å². The quantitative estimate of drug-likeness (QED) is 0.607. The second-order valence-corrected chi connectivity index (χ2v) is 9.57. The van der Waals surface area contributed by atoms with Gasteiger partial charge >= 0.3 is 0 Å². The van der Waals surface area contributed by atoms with Crippen molar-refractivity contribution in [2.24, 2.45) is 0 Å². The lowest BCUT2D eigenvalue weighted by atomic mass is 10.1. The van der Waals surface area contributed by atoms with Gasteiger partial charge in [0.15, 0.2) is 0 Å². The number of anilines is 2. The molecule has 2 aromatic rings.